The van der Waals surface area contributed by atoms with Crippen molar-refractivity contribution in [1.29, 1.82) is 0 Å². The van der Waals surface area contributed by atoms with Crippen molar-refractivity contribution in [3.05, 3.63) is 30.1 Å². The van der Waals surface area contributed by atoms with E-state index in [4.69, 9.17) is 10.5 Å². The van der Waals surface area contributed by atoms with Gasteiger partial charge in [-0.2, -0.15) is 0 Å². The Labute approximate surface area is 83.3 Å². The molecule has 13 heavy (non-hydrogen) atoms. The summed E-state index contributed by atoms with van der Waals surface area (Å²) >= 11 is 0. The molecule has 0 amide bonds. The standard InChI is InChI=1S/C9H12FNO.ClH/c10-8-2-4-9(5-3-8)12-7-1-6-11;/h2-5H,1,6-7,11H2;1H. The lowest BCUT2D eigenvalue weighted by Crippen LogP contribution is -2.05. The molecule has 0 aromatic heterocycles. The van der Waals surface area contributed by atoms with Crippen LogP contribution in [0, 0.1) is 5.82 Å². The van der Waals surface area contributed by atoms with E-state index in [9.17, 15) is 4.39 Å². The van der Waals surface area contributed by atoms with Crippen molar-refractivity contribution in [3.63, 3.8) is 0 Å². The average molecular weight is 206 g/mol. The van der Waals surface area contributed by atoms with Crippen molar-refractivity contribution in [2.24, 2.45) is 5.73 Å². The van der Waals surface area contributed by atoms with Crippen molar-refractivity contribution < 1.29 is 9.13 Å². The summed E-state index contributed by atoms with van der Waals surface area (Å²) in [4.78, 5) is 0. The van der Waals surface area contributed by atoms with E-state index in [0.717, 1.165) is 6.42 Å². The summed E-state index contributed by atoms with van der Waals surface area (Å²) < 4.78 is 17.7. The zero-order valence-corrected chi connectivity index (χ0v) is 8.02. The minimum Gasteiger partial charge on any atom is -0.494 e. The lowest BCUT2D eigenvalue weighted by Gasteiger charge is -2.03. The van der Waals surface area contributed by atoms with E-state index in [0.29, 0.717) is 18.9 Å². The summed E-state index contributed by atoms with van der Waals surface area (Å²) in [6.07, 6.45) is 0.817. The first-order valence-electron chi connectivity index (χ1n) is 3.91. The highest BCUT2D eigenvalue weighted by molar-refractivity contribution is 5.85. The van der Waals surface area contributed by atoms with Gasteiger partial charge in [-0.1, -0.05) is 0 Å². The second kappa shape index (κ2) is 6.69. The summed E-state index contributed by atoms with van der Waals surface area (Å²) in [5, 5.41) is 0. The molecule has 0 heterocycles. The van der Waals surface area contributed by atoms with Gasteiger partial charge in [0, 0.05) is 0 Å². The number of hydrogen-bond acceptors (Lipinski definition) is 2. The molecule has 0 aliphatic carbocycles. The fourth-order valence-corrected chi connectivity index (χ4v) is 0.804. The van der Waals surface area contributed by atoms with Gasteiger partial charge in [0.25, 0.3) is 0 Å². The maximum absolute atomic E-state index is 12.4. The molecule has 0 saturated carbocycles. The molecule has 2 nitrogen and oxygen atoms in total. The molecule has 1 aromatic carbocycles. The second-order valence-electron chi connectivity index (χ2n) is 2.44. The van der Waals surface area contributed by atoms with Gasteiger partial charge in [-0.25, -0.2) is 4.39 Å². The number of halogens is 2. The third-order valence-corrected chi connectivity index (χ3v) is 1.43. The molecule has 0 saturated heterocycles. The quantitative estimate of drug-likeness (QED) is 0.763. The minimum absolute atomic E-state index is 0. The molecule has 74 valence electrons. The highest BCUT2D eigenvalue weighted by Crippen LogP contribution is 2.10. The molecule has 4 heteroatoms. The van der Waals surface area contributed by atoms with Crippen LogP contribution in [0.2, 0.25) is 0 Å². The molecule has 2 N–H and O–H groups in total. The van der Waals surface area contributed by atoms with Crippen LogP contribution in [0.15, 0.2) is 24.3 Å². The molecule has 0 unspecified atom stereocenters. The van der Waals surface area contributed by atoms with Crippen LogP contribution in [0.4, 0.5) is 4.39 Å². The Hall–Kier alpha value is -0.800. The number of rotatable bonds is 4. The van der Waals surface area contributed by atoms with E-state index in [2.05, 4.69) is 0 Å². The zero-order chi connectivity index (χ0) is 8.81. The summed E-state index contributed by atoms with van der Waals surface area (Å²) in [6.45, 7) is 1.20. The Kier molecular flexibility index (Phi) is 6.28. The van der Waals surface area contributed by atoms with Crippen LogP contribution in [0.3, 0.4) is 0 Å². The third kappa shape index (κ3) is 4.70. The first kappa shape index (κ1) is 12.2. The van der Waals surface area contributed by atoms with E-state index in [-0.39, 0.29) is 18.2 Å². The smallest absolute Gasteiger partial charge is 0.123 e. The SMILES string of the molecule is Cl.NCCCOc1ccc(F)cc1. The Morgan fingerprint density at radius 1 is 1.23 bits per heavy atom. The van der Waals surface area contributed by atoms with Gasteiger partial charge in [-0.15, -0.1) is 12.4 Å². The Balaban J connectivity index is 0.00000144. The minimum atomic E-state index is -0.249. The number of nitrogens with two attached hydrogens (primary N) is 1. The fraction of sp³-hybridized carbons (Fsp3) is 0.333. The van der Waals surface area contributed by atoms with E-state index in [1.165, 1.54) is 12.1 Å². The van der Waals surface area contributed by atoms with Crippen molar-refractivity contribution in [2.75, 3.05) is 13.2 Å². The summed E-state index contributed by atoms with van der Waals surface area (Å²) in [5.74, 6) is 0.436. The first-order valence-corrected chi connectivity index (χ1v) is 3.91. The van der Waals surface area contributed by atoms with Crippen LogP contribution >= 0.6 is 12.4 Å². The Morgan fingerprint density at radius 2 is 1.85 bits per heavy atom. The van der Waals surface area contributed by atoms with Crippen molar-refractivity contribution in [3.8, 4) is 5.75 Å². The Morgan fingerprint density at radius 3 is 2.38 bits per heavy atom. The molecule has 1 rings (SSSR count). The molecule has 0 aliphatic heterocycles. The van der Waals surface area contributed by atoms with Crippen LogP contribution in [0.1, 0.15) is 6.42 Å². The number of hydrogen-bond donors (Lipinski definition) is 1. The highest BCUT2D eigenvalue weighted by Gasteiger charge is 1.92. The predicted octanol–water partition coefficient (Wildman–Crippen LogP) is 1.98. The van der Waals surface area contributed by atoms with Crippen LogP contribution < -0.4 is 10.5 Å². The van der Waals surface area contributed by atoms with Gasteiger partial charge in [-0.05, 0) is 37.2 Å². The van der Waals surface area contributed by atoms with Crippen molar-refractivity contribution in [2.45, 2.75) is 6.42 Å². The average Bonchev–Trinajstić information content (AvgIpc) is 2.09. The maximum atomic E-state index is 12.4. The van der Waals surface area contributed by atoms with Gasteiger partial charge >= 0.3 is 0 Å². The normalized spacial score (nSPS) is 9.08. The zero-order valence-electron chi connectivity index (χ0n) is 7.20. The van der Waals surface area contributed by atoms with E-state index < -0.39 is 0 Å². The molecule has 0 bridgehead atoms. The number of ether oxygens (including phenoxy) is 1. The number of benzene rings is 1. The highest BCUT2D eigenvalue weighted by atomic mass is 35.5. The van der Waals surface area contributed by atoms with Gasteiger partial charge in [-0.3, -0.25) is 0 Å². The molecule has 0 aliphatic rings. The molecule has 0 radical (unpaired) electrons. The van der Waals surface area contributed by atoms with Gasteiger partial charge in [0.05, 0.1) is 6.61 Å². The second-order valence-corrected chi connectivity index (χ2v) is 2.44. The molecule has 0 atom stereocenters. The Bertz CT molecular complexity index is 228. The third-order valence-electron chi connectivity index (χ3n) is 1.43. The lowest BCUT2D eigenvalue weighted by atomic mass is 10.3. The van der Waals surface area contributed by atoms with E-state index in [1.54, 1.807) is 12.1 Å². The fourth-order valence-electron chi connectivity index (χ4n) is 0.804. The van der Waals surface area contributed by atoms with Crippen LogP contribution in [-0.2, 0) is 0 Å². The summed E-state index contributed by atoms with van der Waals surface area (Å²) in [7, 11) is 0. The molecule has 0 fully saturated rings. The monoisotopic (exact) mass is 205 g/mol. The van der Waals surface area contributed by atoms with E-state index in [1.807, 2.05) is 0 Å². The topological polar surface area (TPSA) is 35.2 Å². The maximum Gasteiger partial charge on any atom is 0.123 e. The van der Waals surface area contributed by atoms with Gasteiger partial charge < -0.3 is 10.5 Å². The van der Waals surface area contributed by atoms with E-state index >= 15 is 0 Å². The lowest BCUT2D eigenvalue weighted by molar-refractivity contribution is 0.313. The van der Waals surface area contributed by atoms with Crippen LogP contribution in [-0.4, -0.2) is 13.2 Å². The van der Waals surface area contributed by atoms with Gasteiger partial charge in [0.15, 0.2) is 0 Å². The summed E-state index contributed by atoms with van der Waals surface area (Å²) in [6, 6.07) is 5.95. The molecule has 1 aromatic rings. The van der Waals surface area contributed by atoms with Crippen molar-refractivity contribution in [1.82, 2.24) is 0 Å². The predicted molar refractivity (Wildman–Crippen MR) is 52.8 cm³/mol. The molecular weight excluding hydrogens is 193 g/mol. The first-order chi connectivity index (χ1) is 5.83. The molecule has 0 spiro atoms. The van der Waals surface area contributed by atoms with Crippen LogP contribution in [0.5, 0.6) is 5.75 Å². The largest absolute Gasteiger partial charge is 0.494 e. The molecular formula is C9H13ClFNO. The van der Waals surface area contributed by atoms with Crippen molar-refractivity contribution >= 4 is 12.4 Å². The summed E-state index contributed by atoms with van der Waals surface area (Å²) in [5.41, 5.74) is 5.28. The van der Waals surface area contributed by atoms with Gasteiger partial charge in [0.1, 0.15) is 11.6 Å². The van der Waals surface area contributed by atoms with Gasteiger partial charge in [0.2, 0.25) is 0 Å². The van der Waals surface area contributed by atoms with Crippen LogP contribution in [0.25, 0.3) is 0 Å².